The summed E-state index contributed by atoms with van der Waals surface area (Å²) in [6, 6.07) is 1.67. The molecule has 0 aliphatic carbocycles. The molecule has 0 bridgehead atoms. The van der Waals surface area contributed by atoms with Crippen LogP contribution in [0.25, 0.3) is 0 Å². The molecule has 90 valence electrons. The maximum Gasteiger partial charge on any atom is 0.372 e. The summed E-state index contributed by atoms with van der Waals surface area (Å²) < 4.78 is 10.0. The first-order chi connectivity index (χ1) is 7.75. The van der Waals surface area contributed by atoms with Crippen molar-refractivity contribution in [3.05, 3.63) is 23.7 Å². The summed E-state index contributed by atoms with van der Waals surface area (Å²) in [7, 11) is 0. The SMILES string of the molecule is CCOCCCNCc1ccoc1C(=O)O. The van der Waals surface area contributed by atoms with E-state index in [-0.39, 0.29) is 5.76 Å². The Balaban J connectivity index is 2.21. The zero-order valence-corrected chi connectivity index (χ0v) is 9.36. The van der Waals surface area contributed by atoms with E-state index in [9.17, 15) is 4.79 Å². The van der Waals surface area contributed by atoms with Crippen LogP contribution in [0.1, 0.15) is 29.5 Å². The quantitative estimate of drug-likeness (QED) is 0.658. The molecule has 0 amide bonds. The number of carbonyl (C=O) groups is 1. The van der Waals surface area contributed by atoms with E-state index in [1.54, 1.807) is 6.07 Å². The first-order valence-electron chi connectivity index (χ1n) is 5.33. The van der Waals surface area contributed by atoms with Crippen molar-refractivity contribution < 1.29 is 19.1 Å². The van der Waals surface area contributed by atoms with Crippen LogP contribution in [-0.2, 0) is 11.3 Å². The number of carboxylic acid groups (broad SMARTS) is 1. The maximum atomic E-state index is 10.7. The monoisotopic (exact) mass is 227 g/mol. The molecule has 0 atom stereocenters. The topological polar surface area (TPSA) is 71.7 Å². The summed E-state index contributed by atoms with van der Waals surface area (Å²) in [5, 5.41) is 11.9. The normalized spacial score (nSPS) is 10.6. The number of carboxylic acids is 1. The van der Waals surface area contributed by atoms with Crippen molar-refractivity contribution in [3.63, 3.8) is 0 Å². The Labute approximate surface area is 94.4 Å². The minimum absolute atomic E-state index is 0.0114. The van der Waals surface area contributed by atoms with E-state index in [4.69, 9.17) is 14.3 Å². The molecule has 0 aromatic carbocycles. The van der Waals surface area contributed by atoms with E-state index in [1.165, 1.54) is 6.26 Å². The van der Waals surface area contributed by atoms with Crippen LogP contribution >= 0.6 is 0 Å². The summed E-state index contributed by atoms with van der Waals surface area (Å²) in [6.07, 6.45) is 2.30. The van der Waals surface area contributed by atoms with Crippen molar-refractivity contribution in [3.8, 4) is 0 Å². The van der Waals surface area contributed by atoms with E-state index in [1.807, 2.05) is 6.92 Å². The van der Waals surface area contributed by atoms with Crippen LogP contribution < -0.4 is 5.32 Å². The molecule has 5 nitrogen and oxygen atoms in total. The number of hydrogen-bond acceptors (Lipinski definition) is 4. The van der Waals surface area contributed by atoms with Gasteiger partial charge in [-0.1, -0.05) is 0 Å². The second-order valence-electron chi connectivity index (χ2n) is 3.31. The molecule has 5 heteroatoms. The Morgan fingerprint density at radius 1 is 1.62 bits per heavy atom. The van der Waals surface area contributed by atoms with Crippen molar-refractivity contribution >= 4 is 5.97 Å². The molecule has 0 unspecified atom stereocenters. The number of rotatable bonds is 8. The third-order valence-electron chi connectivity index (χ3n) is 2.10. The lowest BCUT2D eigenvalue weighted by atomic mass is 10.2. The highest BCUT2D eigenvalue weighted by Gasteiger charge is 2.12. The highest BCUT2D eigenvalue weighted by molar-refractivity contribution is 5.86. The molecule has 0 aliphatic heterocycles. The average Bonchev–Trinajstić information content (AvgIpc) is 2.71. The molecule has 1 heterocycles. The maximum absolute atomic E-state index is 10.7. The van der Waals surface area contributed by atoms with Crippen LogP contribution in [0.4, 0.5) is 0 Å². The fourth-order valence-electron chi connectivity index (χ4n) is 1.33. The van der Waals surface area contributed by atoms with Gasteiger partial charge < -0.3 is 19.6 Å². The number of ether oxygens (including phenoxy) is 1. The van der Waals surface area contributed by atoms with Crippen molar-refractivity contribution in [2.45, 2.75) is 19.9 Å². The van der Waals surface area contributed by atoms with Gasteiger partial charge in [0.25, 0.3) is 0 Å². The molecule has 1 aromatic rings. The first-order valence-corrected chi connectivity index (χ1v) is 5.33. The lowest BCUT2D eigenvalue weighted by Crippen LogP contribution is -2.17. The molecule has 16 heavy (non-hydrogen) atoms. The Hall–Kier alpha value is -1.33. The Bertz CT molecular complexity index is 322. The molecule has 0 saturated heterocycles. The zero-order valence-electron chi connectivity index (χ0n) is 9.36. The summed E-state index contributed by atoms with van der Waals surface area (Å²) in [5.41, 5.74) is 0.670. The Kier molecular flexibility index (Phi) is 5.60. The number of nitrogens with one attached hydrogen (secondary N) is 1. The van der Waals surface area contributed by atoms with E-state index in [0.717, 1.165) is 26.2 Å². The van der Waals surface area contributed by atoms with Gasteiger partial charge >= 0.3 is 5.97 Å². The minimum Gasteiger partial charge on any atom is -0.475 e. The van der Waals surface area contributed by atoms with Crippen molar-refractivity contribution in [2.75, 3.05) is 19.8 Å². The molecular formula is C11H17NO4. The molecule has 0 saturated carbocycles. The van der Waals surface area contributed by atoms with Gasteiger partial charge in [0.15, 0.2) is 0 Å². The number of aromatic carboxylic acids is 1. The number of hydrogen-bond donors (Lipinski definition) is 2. The molecule has 0 fully saturated rings. The second-order valence-corrected chi connectivity index (χ2v) is 3.31. The summed E-state index contributed by atoms with van der Waals surface area (Å²) in [5.74, 6) is -1.02. The van der Waals surface area contributed by atoms with Crippen LogP contribution in [0, 0.1) is 0 Å². The Morgan fingerprint density at radius 3 is 3.12 bits per heavy atom. The van der Waals surface area contributed by atoms with Gasteiger partial charge in [-0.3, -0.25) is 0 Å². The Morgan fingerprint density at radius 2 is 2.44 bits per heavy atom. The van der Waals surface area contributed by atoms with Gasteiger partial charge in [-0.2, -0.15) is 0 Å². The van der Waals surface area contributed by atoms with Crippen molar-refractivity contribution in [2.24, 2.45) is 0 Å². The summed E-state index contributed by atoms with van der Waals surface area (Å²) in [6.45, 7) is 4.71. The predicted octanol–water partition coefficient (Wildman–Crippen LogP) is 1.49. The molecule has 0 spiro atoms. The van der Waals surface area contributed by atoms with Crippen LogP contribution in [0.5, 0.6) is 0 Å². The average molecular weight is 227 g/mol. The molecule has 2 N–H and O–H groups in total. The van der Waals surface area contributed by atoms with E-state index in [2.05, 4.69) is 5.32 Å². The molecular weight excluding hydrogens is 210 g/mol. The minimum atomic E-state index is -1.03. The largest absolute Gasteiger partial charge is 0.475 e. The zero-order chi connectivity index (χ0) is 11.8. The third kappa shape index (κ3) is 4.04. The van der Waals surface area contributed by atoms with Gasteiger partial charge in [-0.05, 0) is 26.0 Å². The van der Waals surface area contributed by atoms with E-state index >= 15 is 0 Å². The number of furan rings is 1. The van der Waals surface area contributed by atoms with Crippen LogP contribution in [0.15, 0.2) is 16.7 Å². The fraction of sp³-hybridized carbons (Fsp3) is 0.545. The first kappa shape index (κ1) is 12.7. The highest BCUT2D eigenvalue weighted by atomic mass is 16.5. The lowest BCUT2D eigenvalue weighted by Gasteiger charge is -2.03. The summed E-state index contributed by atoms with van der Waals surface area (Å²) >= 11 is 0. The molecule has 0 aliphatic rings. The smallest absolute Gasteiger partial charge is 0.372 e. The molecule has 0 radical (unpaired) electrons. The van der Waals surface area contributed by atoms with E-state index in [0.29, 0.717) is 12.1 Å². The highest BCUT2D eigenvalue weighted by Crippen LogP contribution is 2.09. The third-order valence-corrected chi connectivity index (χ3v) is 2.10. The standard InChI is InChI=1S/C11H17NO4/c1-2-15-6-3-5-12-8-9-4-7-16-10(9)11(13)14/h4,7,12H,2-3,5-6,8H2,1H3,(H,13,14). The van der Waals surface area contributed by atoms with Crippen LogP contribution in [0.2, 0.25) is 0 Å². The van der Waals surface area contributed by atoms with Gasteiger partial charge in [0.2, 0.25) is 5.76 Å². The second kappa shape index (κ2) is 7.03. The van der Waals surface area contributed by atoms with Gasteiger partial charge in [0.05, 0.1) is 6.26 Å². The predicted molar refractivity (Wildman–Crippen MR) is 58.5 cm³/mol. The van der Waals surface area contributed by atoms with Gasteiger partial charge in [0.1, 0.15) is 0 Å². The molecule has 1 rings (SSSR count). The van der Waals surface area contributed by atoms with Gasteiger partial charge in [0, 0.05) is 25.3 Å². The fourth-order valence-corrected chi connectivity index (χ4v) is 1.33. The van der Waals surface area contributed by atoms with Crippen LogP contribution in [-0.4, -0.2) is 30.8 Å². The molecule has 1 aromatic heterocycles. The van der Waals surface area contributed by atoms with E-state index < -0.39 is 5.97 Å². The van der Waals surface area contributed by atoms with Crippen molar-refractivity contribution in [1.82, 2.24) is 5.32 Å². The van der Waals surface area contributed by atoms with Crippen LogP contribution in [0.3, 0.4) is 0 Å². The van der Waals surface area contributed by atoms with Gasteiger partial charge in [-0.15, -0.1) is 0 Å². The van der Waals surface area contributed by atoms with Crippen molar-refractivity contribution in [1.29, 1.82) is 0 Å². The lowest BCUT2D eigenvalue weighted by molar-refractivity contribution is 0.0660. The summed E-state index contributed by atoms with van der Waals surface area (Å²) in [4.78, 5) is 10.7. The van der Waals surface area contributed by atoms with Gasteiger partial charge in [-0.25, -0.2) is 4.79 Å².